The van der Waals surface area contributed by atoms with Gasteiger partial charge in [-0.2, -0.15) is 13.2 Å². The molecule has 1 atom stereocenters. The number of anilines is 1. The average molecular weight is 490 g/mol. The van der Waals surface area contributed by atoms with Gasteiger partial charge in [-0.3, -0.25) is 0 Å². The lowest BCUT2D eigenvalue weighted by atomic mass is 9.97. The highest BCUT2D eigenvalue weighted by molar-refractivity contribution is 5.90. The summed E-state index contributed by atoms with van der Waals surface area (Å²) in [6.45, 7) is 4.54. The lowest BCUT2D eigenvalue weighted by Gasteiger charge is -2.31. The largest absolute Gasteiger partial charge is 0.416 e. The predicted octanol–water partition coefficient (Wildman–Crippen LogP) is 7.76. The lowest BCUT2D eigenvalue weighted by molar-refractivity contribution is -0.137. The minimum Gasteiger partial charge on any atom is -0.318 e. The van der Waals surface area contributed by atoms with Crippen molar-refractivity contribution < 1.29 is 18.0 Å². The molecule has 1 aromatic heterocycles. The molecule has 1 aliphatic heterocycles. The third-order valence-electron chi connectivity index (χ3n) is 6.58. The Hall–Kier alpha value is -4.00. The van der Waals surface area contributed by atoms with Crippen molar-refractivity contribution in [1.82, 2.24) is 9.47 Å². The van der Waals surface area contributed by atoms with Crippen LogP contribution in [-0.2, 0) is 12.7 Å². The second-order valence-electron chi connectivity index (χ2n) is 9.29. The van der Waals surface area contributed by atoms with Crippen LogP contribution in [0, 0.1) is 0 Å². The first kappa shape index (κ1) is 23.7. The first-order valence-corrected chi connectivity index (χ1v) is 11.8. The molecule has 0 unspecified atom stereocenters. The Morgan fingerprint density at radius 3 is 2.42 bits per heavy atom. The van der Waals surface area contributed by atoms with Crippen LogP contribution in [0.3, 0.4) is 0 Å². The summed E-state index contributed by atoms with van der Waals surface area (Å²) in [5.74, 6) is 0.363. The molecular weight excluding hydrogens is 463 g/mol. The summed E-state index contributed by atoms with van der Waals surface area (Å²) in [5.41, 5.74) is 4.20. The second-order valence-corrected chi connectivity index (χ2v) is 9.29. The molecule has 4 aromatic rings. The van der Waals surface area contributed by atoms with E-state index in [-0.39, 0.29) is 5.69 Å². The van der Waals surface area contributed by atoms with E-state index in [2.05, 4.69) is 35.9 Å². The number of halogens is 3. The SMILES string of the molecule is CC(C)c1ccc([C@H]2c3cccn3-c3ccccc3CN2C(=O)Nc2cccc(C(F)(F)F)c2)cc1. The van der Waals surface area contributed by atoms with Crippen molar-refractivity contribution in [3.05, 3.63) is 119 Å². The molecular formula is C29H26F3N3O. The van der Waals surface area contributed by atoms with Gasteiger partial charge in [0, 0.05) is 17.6 Å². The Balaban J connectivity index is 1.58. The van der Waals surface area contributed by atoms with Crippen LogP contribution in [0.2, 0.25) is 0 Å². The second kappa shape index (κ2) is 9.22. The van der Waals surface area contributed by atoms with Crippen molar-refractivity contribution in [3.8, 4) is 5.69 Å². The molecule has 0 fully saturated rings. The summed E-state index contributed by atoms with van der Waals surface area (Å²) in [6.07, 6.45) is -2.53. The van der Waals surface area contributed by atoms with Crippen LogP contribution in [0.15, 0.2) is 91.1 Å². The molecule has 4 nitrogen and oxygen atoms in total. The van der Waals surface area contributed by atoms with E-state index in [0.29, 0.717) is 12.5 Å². The number of urea groups is 1. The van der Waals surface area contributed by atoms with Crippen molar-refractivity contribution in [2.24, 2.45) is 0 Å². The fraction of sp³-hybridized carbons (Fsp3) is 0.207. The number of hydrogen-bond donors (Lipinski definition) is 1. The van der Waals surface area contributed by atoms with E-state index in [0.717, 1.165) is 34.6 Å². The highest BCUT2D eigenvalue weighted by Crippen LogP contribution is 2.38. The zero-order valence-corrected chi connectivity index (χ0v) is 20.0. The van der Waals surface area contributed by atoms with Gasteiger partial charge in [-0.05, 0) is 59.0 Å². The van der Waals surface area contributed by atoms with Crippen LogP contribution in [0.25, 0.3) is 5.69 Å². The summed E-state index contributed by atoms with van der Waals surface area (Å²) in [4.78, 5) is 15.4. The minimum absolute atomic E-state index is 0.0941. The highest BCUT2D eigenvalue weighted by Gasteiger charge is 2.34. The Morgan fingerprint density at radius 1 is 0.944 bits per heavy atom. The van der Waals surface area contributed by atoms with Gasteiger partial charge < -0.3 is 14.8 Å². The van der Waals surface area contributed by atoms with Crippen LogP contribution in [0.5, 0.6) is 0 Å². The smallest absolute Gasteiger partial charge is 0.318 e. The number of alkyl halides is 3. The van der Waals surface area contributed by atoms with E-state index in [1.54, 1.807) is 4.90 Å². The molecule has 1 N–H and O–H groups in total. The van der Waals surface area contributed by atoms with Crippen LogP contribution in [0.1, 0.15) is 53.8 Å². The van der Waals surface area contributed by atoms with Crippen LogP contribution < -0.4 is 5.32 Å². The lowest BCUT2D eigenvalue weighted by Crippen LogP contribution is -2.38. The standard InChI is InChI=1S/C29H26F3N3O/c1-19(2)20-12-14-21(15-13-20)27-26-11-6-16-34(26)25-10-4-3-7-22(25)18-35(27)28(36)33-24-9-5-8-23(17-24)29(30,31)32/h3-17,19,27H,18H2,1-2H3,(H,33,36)/t27-/m0/s1. The molecule has 5 rings (SSSR count). The number of hydrogen-bond acceptors (Lipinski definition) is 1. The Bertz CT molecular complexity index is 1390. The molecule has 0 saturated heterocycles. The number of fused-ring (bicyclic) bond motifs is 3. The van der Waals surface area contributed by atoms with Gasteiger partial charge in [0.25, 0.3) is 0 Å². The van der Waals surface area contributed by atoms with Crippen molar-refractivity contribution >= 4 is 11.7 Å². The molecule has 0 spiro atoms. The Morgan fingerprint density at radius 2 is 1.69 bits per heavy atom. The van der Waals surface area contributed by atoms with Gasteiger partial charge in [0.15, 0.2) is 0 Å². The number of carbonyl (C=O) groups is 1. The molecule has 7 heteroatoms. The first-order valence-electron chi connectivity index (χ1n) is 11.8. The fourth-order valence-corrected chi connectivity index (χ4v) is 4.72. The molecule has 0 aliphatic carbocycles. The Kier molecular flexibility index (Phi) is 6.08. The van der Waals surface area contributed by atoms with Gasteiger partial charge in [0.05, 0.1) is 23.8 Å². The molecule has 2 amide bonds. The maximum absolute atomic E-state index is 13.7. The van der Waals surface area contributed by atoms with E-state index < -0.39 is 23.8 Å². The third kappa shape index (κ3) is 4.49. The van der Waals surface area contributed by atoms with Gasteiger partial charge >= 0.3 is 12.2 Å². The topological polar surface area (TPSA) is 37.3 Å². The minimum atomic E-state index is -4.50. The third-order valence-corrected chi connectivity index (χ3v) is 6.58. The first-order chi connectivity index (χ1) is 17.2. The molecule has 1 aliphatic rings. The van der Waals surface area contributed by atoms with E-state index in [1.165, 1.54) is 17.7 Å². The summed E-state index contributed by atoms with van der Waals surface area (Å²) in [7, 11) is 0. The molecule has 36 heavy (non-hydrogen) atoms. The van der Waals surface area contributed by atoms with Gasteiger partial charge in [0.2, 0.25) is 0 Å². The number of nitrogens with one attached hydrogen (secondary N) is 1. The summed E-state index contributed by atoms with van der Waals surface area (Å²) in [6, 6.07) is 23.7. The molecule has 2 heterocycles. The normalized spacial score (nSPS) is 15.3. The van der Waals surface area contributed by atoms with Gasteiger partial charge in [-0.1, -0.05) is 62.4 Å². The summed E-state index contributed by atoms with van der Waals surface area (Å²) < 4.78 is 41.8. The summed E-state index contributed by atoms with van der Waals surface area (Å²) >= 11 is 0. The number of para-hydroxylation sites is 1. The number of aromatic nitrogens is 1. The Labute approximate surface area is 208 Å². The maximum Gasteiger partial charge on any atom is 0.416 e. The van der Waals surface area contributed by atoms with Gasteiger partial charge in [0.1, 0.15) is 0 Å². The summed E-state index contributed by atoms with van der Waals surface area (Å²) in [5, 5.41) is 2.71. The maximum atomic E-state index is 13.7. The number of benzene rings is 3. The zero-order chi connectivity index (χ0) is 25.4. The molecule has 3 aromatic carbocycles. The number of rotatable bonds is 3. The van der Waals surface area contributed by atoms with Crippen molar-refractivity contribution in [2.75, 3.05) is 5.32 Å². The van der Waals surface area contributed by atoms with E-state index >= 15 is 0 Å². The monoisotopic (exact) mass is 489 g/mol. The van der Waals surface area contributed by atoms with E-state index in [9.17, 15) is 18.0 Å². The van der Waals surface area contributed by atoms with Crippen LogP contribution >= 0.6 is 0 Å². The molecule has 0 radical (unpaired) electrons. The van der Waals surface area contributed by atoms with Crippen LogP contribution in [-0.4, -0.2) is 15.5 Å². The van der Waals surface area contributed by atoms with Crippen molar-refractivity contribution in [3.63, 3.8) is 0 Å². The molecule has 0 bridgehead atoms. The highest BCUT2D eigenvalue weighted by atomic mass is 19.4. The average Bonchev–Trinajstić information content (AvgIpc) is 3.28. The van der Waals surface area contributed by atoms with Crippen molar-refractivity contribution in [1.29, 1.82) is 0 Å². The van der Waals surface area contributed by atoms with E-state index in [1.807, 2.05) is 54.7 Å². The quantitative estimate of drug-likeness (QED) is 0.314. The zero-order valence-electron chi connectivity index (χ0n) is 20.0. The van der Waals surface area contributed by atoms with Crippen LogP contribution in [0.4, 0.5) is 23.7 Å². The van der Waals surface area contributed by atoms with Gasteiger partial charge in [-0.15, -0.1) is 0 Å². The van der Waals surface area contributed by atoms with Gasteiger partial charge in [-0.25, -0.2) is 4.79 Å². The predicted molar refractivity (Wildman–Crippen MR) is 134 cm³/mol. The fourth-order valence-electron chi connectivity index (χ4n) is 4.72. The van der Waals surface area contributed by atoms with Crippen molar-refractivity contribution in [2.45, 2.75) is 38.5 Å². The molecule has 0 saturated carbocycles. The van der Waals surface area contributed by atoms with E-state index in [4.69, 9.17) is 0 Å². The number of amides is 2. The molecule has 184 valence electrons. The number of carbonyl (C=O) groups excluding carboxylic acids is 1. The number of nitrogens with zero attached hydrogens (tertiary/aromatic N) is 2.